The second-order valence-corrected chi connectivity index (χ2v) is 22.5. The molecule has 286 valence electrons. The van der Waals surface area contributed by atoms with Gasteiger partial charge < -0.3 is 9.80 Å². The van der Waals surface area contributed by atoms with E-state index in [-0.39, 0.29) is 33.8 Å². The highest BCUT2D eigenvalue weighted by atomic mass is 32.1. The van der Waals surface area contributed by atoms with E-state index in [0.29, 0.717) is 0 Å². The van der Waals surface area contributed by atoms with Crippen molar-refractivity contribution in [2.45, 2.75) is 130 Å². The molecule has 3 aliphatic rings. The fourth-order valence-electron chi connectivity index (χ4n) is 9.72. The number of benzene rings is 5. The normalized spacial score (nSPS) is 17.1. The minimum Gasteiger partial charge on any atom is -0.311 e. The molecule has 6 aromatic rings. The van der Waals surface area contributed by atoms with Gasteiger partial charge in [0.15, 0.2) is 0 Å². The number of anilines is 6. The van der Waals surface area contributed by atoms with Gasteiger partial charge >= 0.3 is 0 Å². The quantitative estimate of drug-likeness (QED) is 0.162. The van der Waals surface area contributed by atoms with E-state index in [1.807, 2.05) is 11.3 Å². The molecule has 0 radical (unpaired) electrons. The van der Waals surface area contributed by atoms with Crippen molar-refractivity contribution in [3.63, 3.8) is 0 Å². The number of nitrogens with zero attached hydrogens (tertiary/aromatic N) is 2. The van der Waals surface area contributed by atoms with Crippen LogP contribution >= 0.6 is 11.3 Å². The Hall–Kier alpha value is -4.28. The average Bonchev–Trinajstić information content (AvgIpc) is 3.50. The van der Waals surface area contributed by atoms with Gasteiger partial charge in [0, 0.05) is 43.3 Å². The van der Waals surface area contributed by atoms with Crippen LogP contribution in [0.4, 0.5) is 34.1 Å². The lowest BCUT2D eigenvalue weighted by atomic mass is 9.36. The second-order valence-electron chi connectivity index (χ2n) is 21.4. The summed E-state index contributed by atoms with van der Waals surface area (Å²) in [6, 6.07) is 38.4. The van der Waals surface area contributed by atoms with Crippen LogP contribution in [0.5, 0.6) is 0 Å². The number of thiophene rings is 1. The summed E-state index contributed by atoms with van der Waals surface area (Å²) in [6.07, 6.45) is 2.41. The lowest BCUT2D eigenvalue weighted by Crippen LogP contribution is -2.60. The third-order valence-corrected chi connectivity index (χ3v) is 14.6. The molecule has 2 aliphatic heterocycles. The lowest BCUT2D eigenvalue weighted by molar-refractivity contribution is 0.332. The maximum Gasteiger partial charge on any atom is 0.264 e. The summed E-state index contributed by atoms with van der Waals surface area (Å²) >= 11 is 2.04. The first kappa shape index (κ1) is 37.3. The topological polar surface area (TPSA) is 6.48 Å². The Labute approximate surface area is 341 Å². The zero-order valence-corrected chi connectivity index (χ0v) is 36.8. The van der Waals surface area contributed by atoms with Gasteiger partial charge in [-0.25, -0.2) is 0 Å². The Morgan fingerprint density at radius 2 is 1.02 bits per heavy atom. The van der Waals surface area contributed by atoms with Gasteiger partial charge in [-0.15, -0.1) is 11.3 Å². The summed E-state index contributed by atoms with van der Waals surface area (Å²) < 4.78 is 2.85. The van der Waals surface area contributed by atoms with Crippen molar-refractivity contribution in [2.24, 2.45) is 0 Å². The van der Waals surface area contributed by atoms with Crippen molar-refractivity contribution in [2.75, 3.05) is 9.80 Å². The standard InChI is InChI=1S/C52H59BN2S/c1-48(2,3)32-17-22-35(23-18-32)54-41-26-21-34(50(7,8)9)29-40(41)53-45-42(54)15-14-16-43(45)55(36-24-19-33(20-25-36)49(4,5)6)46-37-30-38-39(31-44(37)56-47(46)53)52(12,13)28-27-51(38,10)11/h14-26,29-31H,27-28H2,1-13H3. The van der Waals surface area contributed by atoms with Crippen molar-refractivity contribution in [3.8, 4) is 0 Å². The van der Waals surface area contributed by atoms with E-state index >= 15 is 0 Å². The van der Waals surface area contributed by atoms with Crippen LogP contribution in [0.1, 0.15) is 131 Å². The van der Waals surface area contributed by atoms with Crippen molar-refractivity contribution in [1.82, 2.24) is 0 Å². The van der Waals surface area contributed by atoms with Gasteiger partial charge in [0.25, 0.3) is 6.71 Å². The maximum absolute atomic E-state index is 2.63. The molecule has 5 aromatic carbocycles. The highest BCUT2D eigenvalue weighted by molar-refractivity contribution is 7.33. The van der Waals surface area contributed by atoms with Crippen LogP contribution in [0.3, 0.4) is 0 Å². The number of hydrogen-bond donors (Lipinski definition) is 0. The zero-order valence-electron chi connectivity index (χ0n) is 36.0. The van der Waals surface area contributed by atoms with Crippen molar-refractivity contribution >= 4 is 78.0 Å². The SMILES string of the molecule is CC(C)(C)c1ccc(N2c3ccc(C(C)(C)C)cc3B3c4sc5cc6c(cc5c4N(c4ccc(C(C)(C)C)cc4)c4cccc2c43)C(C)(C)CCC6(C)C)cc1. The molecule has 9 rings (SSSR count). The molecule has 0 saturated heterocycles. The Morgan fingerprint density at radius 3 is 1.55 bits per heavy atom. The van der Waals surface area contributed by atoms with E-state index in [4.69, 9.17) is 0 Å². The molecule has 0 fully saturated rings. The predicted octanol–water partition coefficient (Wildman–Crippen LogP) is 13.2. The molecule has 56 heavy (non-hydrogen) atoms. The Bertz CT molecular complexity index is 2530. The van der Waals surface area contributed by atoms with Crippen molar-refractivity contribution < 1.29 is 0 Å². The molecular formula is C52H59BN2S. The first-order valence-electron chi connectivity index (χ1n) is 20.9. The third-order valence-electron chi connectivity index (χ3n) is 13.4. The molecular weight excluding hydrogens is 695 g/mol. The Morgan fingerprint density at radius 1 is 0.536 bits per heavy atom. The van der Waals surface area contributed by atoms with Crippen LogP contribution in [0.15, 0.2) is 97.1 Å². The minimum absolute atomic E-state index is 0.0166. The van der Waals surface area contributed by atoms with Crippen LogP contribution in [-0.4, -0.2) is 6.71 Å². The first-order chi connectivity index (χ1) is 26.1. The monoisotopic (exact) mass is 754 g/mol. The number of hydrogen-bond acceptors (Lipinski definition) is 3. The molecule has 0 N–H and O–H groups in total. The fraction of sp³-hybridized carbons (Fsp3) is 0.385. The van der Waals surface area contributed by atoms with Gasteiger partial charge in [-0.3, -0.25) is 0 Å². The van der Waals surface area contributed by atoms with Crippen LogP contribution in [0.25, 0.3) is 10.1 Å². The molecule has 1 aromatic heterocycles. The molecule has 2 nitrogen and oxygen atoms in total. The third kappa shape index (κ3) is 5.71. The molecule has 1 aliphatic carbocycles. The largest absolute Gasteiger partial charge is 0.311 e. The number of fused-ring (bicyclic) bond motifs is 7. The highest BCUT2D eigenvalue weighted by Crippen LogP contribution is 2.52. The van der Waals surface area contributed by atoms with Crippen LogP contribution < -0.4 is 25.5 Å². The first-order valence-corrected chi connectivity index (χ1v) is 21.7. The smallest absolute Gasteiger partial charge is 0.264 e. The summed E-state index contributed by atoms with van der Waals surface area (Å²) in [4.78, 5) is 5.18. The molecule has 0 spiro atoms. The molecule has 4 heteroatoms. The molecule has 0 amide bonds. The van der Waals surface area contributed by atoms with E-state index in [2.05, 4.69) is 197 Å². The summed E-state index contributed by atoms with van der Waals surface area (Å²) in [7, 11) is 0. The average molecular weight is 755 g/mol. The number of rotatable bonds is 2. The minimum atomic E-state index is 0.0166. The fourth-order valence-corrected chi connectivity index (χ4v) is 11.1. The Balaban J connectivity index is 1.37. The van der Waals surface area contributed by atoms with Gasteiger partial charge in [0.1, 0.15) is 0 Å². The van der Waals surface area contributed by atoms with Crippen LogP contribution in [-0.2, 0) is 27.1 Å². The lowest BCUT2D eigenvalue weighted by Gasteiger charge is -2.44. The molecule has 0 saturated carbocycles. The molecule has 3 heterocycles. The van der Waals surface area contributed by atoms with E-state index in [1.54, 1.807) is 0 Å². The molecule has 0 unspecified atom stereocenters. The predicted molar refractivity (Wildman–Crippen MR) is 247 cm³/mol. The maximum atomic E-state index is 2.63. The highest BCUT2D eigenvalue weighted by Gasteiger charge is 2.46. The summed E-state index contributed by atoms with van der Waals surface area (Å²) in [5, 5.41) is 1.39. The van der Waals surface area contributed by atoms with Crippen molar-refractivity contribution in [1.29, 1.82) is 0 Å². The summed E-state index contributed by atoms with van der Waals surface area (Å²) in [5.74, 6) is 0. The van der Waals surface area contributed by atoms with Gasteiger partial charge in [-0.2, -0.15) is 0 Å². The zero-order chi connectivity index (χ0) is 39.9. The van der Waals surface area contributed by atoms with E-state index in [0.717, 1.165) is 0 Å². The van der Waals surface area contributed by atoms with Gasteiger partial charge in [-0.1, -0.05) is 132 Å². The van der Waals surface area contributed by atoms with E-state index in [9.17, 15) is 0 Å². The summed E-state index contributed by atoms with van der Waals surface area (Å²) in [6.45, 7) is 30.8. The van der Waals surface area contributed by atoms with Gasteiger partial charge in [0.05, 0.1) is 5.69 Å². The molecule has 0 bridgehead atoms. The van der Waals surface area contributed by atoms with Crippen LogP contribution in [0.2, 0.25) is 0 Å². The Kier molecular flexibility index (Phi) is 8.08. The summed E-state index contributed by atoms with van der Waals surface area (Å²) in [5.41, 5.74) is 18.0. The van der Waals surface area contributed by atoms with Gasteiger partial charge in [0.2, 0.25) is 0 Å². The van der Waals surface area contributed by atoms with E-state index in [1.165, 1.54) is 101 Å². The van der Waals surface area contributed by atoms with Gasteiger partial charge in [-0.05, 0) is 133 Å². The van der Waals surface area contributed by atoms with Crippen molar-refractivity contribution in [3.05, 3.63) is 125 Å². The van der Waals surface area contributed by atoms with Crippen LogP contribution in [0, 0.1) is 0 Å². The second kappa shape index (κ2) is 12.1. The molecule has 0 atom stereocenters. The van der Waals surface area contributed by atoms with E-state index < -0.39 is 0 Å².